The van der Waals surface area contributed by atoms with Crippen molar-refractivity contribution in [1.82, 2.24) is 10.2 Å². The lowest BCUT2D eigenvalue weighted by Gasteiger charge is -2.17. The van der Waals surface area contributed by atoms with E-state index in [1.807, 2.05) is 37.4 Å². The molecule has 1 N–H and O–H groups in total. The van der Waals surface area contributed by atoms with Crippen LogP contribution in [0.4, 0.5) is 0 Å². The minimum absolute atomic E-state index is 0.162. The number of hydrogen-bond donors (Lipinski definition) is 1. The molecule has 1 saturated carbocycles. The second-order valence-corrected chi connectivity index (χ2v) is 4.81. The maximum atomic E-state index is 11.8. The summed E-state index contributed by atoms with van der Waals surface area (Å²) in [5.74, 6) is 0.983. The smallest absolute Gasteiger partial charge is 0.236 e. The highest BCUT2D eigenvalue weighted by Gasteiger charge is 2.20. The summed E-state index contributed by atoms with van der Waals surface area (Å²) in [5.41, 5.74) is 1.17. The zero-order chi connectivity index (χ0) is 12.1. The van der Waals surface area contributed by atoms with Gasteiger partial charge in [0.25, 0.3) is 0 Å². The maximum absolute atomic E-state index is 11.8. The van der Waals surface area contributed by atoms with Crippen LogP contribution < -0.4 is 5.32 Å². The molecule has 2 rings (SSSR count). The van der Waals surface area contributed by atoms with Gasteiger partial charge in [-0.2, -0.15) is 0 Å². The van der Waals surface area contributed by atoms with Gasteiger partial charge in [-0.3, -0.25) is 4.79 Å². The molecule has 92 valence electrons. The van der Waals surface area contributed by atoms with Gasteiger partial charge < -0.3 is 10.2 Å². The van der Waals surface area contributed by atoms with E-state index in [0.29, 0.717) is 13.1 Å². The number of carbonyl (C=O) groups is 1. The van der Waals surface area contributed by atoms with Crippen molar-refractivity contribution in [3.8, 4) is 0 Å². The minimum atomic E-state index is 0.162. The topological polar surface area (TPSA) is 32.3 Å². The van der Waals surface area contributed by atoms with Crippen LogP contribution in [-0.2, 0) is 11.3 Å². The highest BCUT2D eigenvalue weighted by atomic mass is 16.2. The molecule has 1 aliphatic carbocycles. The molecule has 1 aliphatic rings. The van der Waals surface area contributed by atoms with Gasteiger partial charge in [0, 0.05) is 13.6 Å². The molecule has 3 nitrogen and oxygen atoms in total. The van der Waals surface area contributed by atoms with Crippen molar-refractivity contribution in [3.63, 3.8) is 0 Å². The molecule has 0 aromatic heterocycles. The van der Waals surface area contributed by atoms with Crippen molar-refractivity contribution in [2.24, 2.45) is 5.92 Å². The zero-order valence-corrected chi connectivity index (χ0v) is 10.4. The summed E-state index contributed by atoms with van der Waals surface area (Å²) in [6, 6.07) is 10.1. The van der Waals surface area contributed by atoms with Crippen LogP contribution >= 0.6 is 0 Å². The number of benzene rings is 1. The predicted molar refractivity (Wildman–Crippen MR) is 68.5 cm³/mol. The first-order valence-corrected chi connectivity index (χ1v) is 6.24. The summed E-state index contributed by atoms with van der Waals surface area (Å²) in [6.45, 7) is 2.13. The quantitative estimate of drug-likeness (QED) is 0.808. The number of rotatable bonds is 6. The van der Waals surface area contributed by atoms with E-state index in [1.54, 1.807) is 4.90 Å². The number of likely N-dealkylation sites (N-methyl/N-ethyl adjacent to an activating group) is 1. The normalized spacial score (nSPS) is 14.6. The summed E-state index contributed by atoms with van der Waals surface area (Å²) >= 11 is 0. The van der Waals surface area contributed by atoms with Gasteiger partial charge in [-0.25, -0.2) is 0 Å². The van der Waals surface area contributed by atoms with Crippen molar-refractivity contribution in [1.29, 1.82) is 0 Å². The molecule has 0 atom stereocenters. The van der Waals surface area contributed by atoms with Gasteiger partial charge in [0.2, 0.25) is 5.91 Å². The summed E-state index contributed by atoms with van der Waals surface area (Å²) in [6.07, 6.45) is 2.64. The summed E-state index contributed by atoms with van der Waals surface area (Å²) < 4.78 is 0. The fourth-order valence-corrected chi connectivity index (χ4v) is 1.79. The number of hydrogen-bond acceptors (Lipinski definition) is 2. The molecule has 1 aromatic carbocycles. The Morgan fingerprint density at radius 1 is 1.35 bits per heavy atom. The molecule has 0 bridgehead atoms. The lowest BCUT2D eigenvalue weighted by Crippen LogP contribution is -2.35. The Kier molecular flexibility index (Phi) is 4.15. The van der Waals surface area contributed by atoms with Crippen LogP contribution in [0, 0.1) is 5.92 Å². The molecule has 0 radical (unpaired) electrons. The third-order valence-electron chi connectivity index (χ3n) is 3.09. The van der Waals surface area contributed by atoms with E-state index in [1.165, 1.54) is 18.4 Å². The molecule has 17 heavy (non-hydrogen) atoms. The third-order valence-corrected chi connectivity index (χ3v) is 3.09. The van der Waals surface area contributed by atoms with Crippen molar-refractivity contribution >= 4 is 5.91 Å². The average molecular weight is 232 g/mol. The molecule has 1 amide bonds. The molecule has 1 fully saturated rings. The molecule has 1 aromatic rings. The van der Waals surface area contributed by atoms with Crippen molar-refractivity contribution in [2.75, 3.05) is 20.1 Å². The first-order valence-electron chi connectivity index (χ1n) is 6.24. The van der Waals surface area contributed by atoms with Crippen molar-refractivity contribution in [2.45, 2.75) is 19.4 Å². The molecular weight excluding hydrogens is 212 g/mol. The SMILES string of the molecule is CN(Cc1ccccc1)C(=O)CNCC1CC1. The lowest BCUT2D eigenvalue weighted by atomic mass is 10.2. The number of amides is 1. The standard InChI is InChI=1S/C14H20N2O/c1-16(11-13-5-3-2-4-6-13)14(17)10-15-9-12-7-8-12/h2-6,12,15H,7-11H2,1H3. The number of carbonyl (C=O) groups excluding carboxylic acids is 1. The highest BCUT2D eigenvalue weighted by molar-refractivity contribution is 5.77. The Morgan fingerprint density at radius 2 is 2.06 bits per heavy atom. The van der Waals surface area contributed by atoms with Gasteiger partial charge in [-0.05, 0) is 30.9 Å². The van der Waals surface area contributed by atoms with Crippen molar-refractivity contribution < 1.29 is 4.79 Å². The first kappa shape index (κ1) is 12.1. The number of nitrogens with one attached hydrogen (secondary N) is 1. The molecule has 0 aliphatic heterocycles. The van der Waals surface area contributed by atoms with Crippen LogP contribution in [0.25, 0.3) is 0 Å². The van der Waals surface area contributed by atoms with E-state index < -0.39 is 0 Å². The molecule has 3 heteroatoms. The largest absolute Gasteiger partial charge is 0.340 e. The van der Waals surface area contributed by atoms with E-state index in [0.717, 1.165) is 12.5 Å². The fraction of sp³-hybridized carbons (Fsp3) is 0.500. The van der Waals surface area contributed by atoms with Crippen LogP contribution in [0.2, 0.25) is 0 Å². The van der Waals surface area contributed by atoms with E-state index in [2.05, 4.69) is 5.32 Å². The Bertz CT molecular complexity index is 360. The number of nitrogens with zero attached hydrogens (tertiary/aromatic N) is 1. The Balaban J connectivity index is 1.70. The van der Waals surface area contributed by atoms with Gasteiger partial charge in [0.15, 0.2) is 0 Å². The molecule has 0 saturated heterocycles. The fourth-order valence-electron chi connectivity index (χ4n) is 1.79. The zero-order valence-electron chi connectivity index (χ0n) is 10.4. The van der Waals surface area contributed by atoms with E-state index in [4.69, 9.17) is 0 Å². The third kappa shape index (κ3) is 4.19. The van der Waals surface area contributed by atoms with Gasteiger partial charge >= 0.3 is 0 Å². The van der Waals surface area contributed by atoms with Crippen molar-refractivity contribution in [3.05, 3.63) is 35.9 Å². The summed E-state index contributed by atoms with van der Waals surface area (Å²) in [7, 11) is 1.86. The average Bonchev–Trinajstić information content (AvgIpc) is 3.14. The minimum Gasteiger partial charge on any atom is -0.340 e. The van der Waals surface area contributed by atoms with E-state index in [-0.39, 0.29) is 5.91 Å². The van der Waals surface area contributed by atoms with Gasteiger partial charge in [-0.1, -0.05) is 30.3 Å². The van der Waals surface area contributed by atoms with Gasteiger partial charge in [0.1, 0.15) is 0 Å². The van der Waals surface area contributed by atoms with Crippen LogP contribution in [0.15, 0.2) is 30.3 Å². The summed E-state index contributed by atoms with van der Waals surface area (Å²) in [5, 5.41) is 3.22. The monoisotopic (exact) mass is 232 g/mol. The van der Waals surface area contributed by atoms with E-state index in [9.17, 15) is 4.79 Å². The maximum Gasteiger partial charge on any atom is 0.236 e. The molecule has 0 spiro atoms. The molecule has 0 unspecified atom stereocenters. The Hall–Kier alpha value is -1.35. The van der Waals surface area contributed by atoms with Crippen LogP contribution in [0.5, 0.6) is 0 Å². The Morgan fingerprint density at radius 3 is 2.71 bits per heavy atom. The van der Waals surface area contributed by atoms with Crippen LogP contribution in [0.3, 0.4) is 0 Å². The predicted octanol–water partition coefficient (Wildman–Crippen LogP) is 1.64. The lowest BCUT2D eigenvalue weighted by molar-refractivity contribution is -0.129. The summed E-state index contributed by atoms with van der Waals surface area (Å²) in [4.78, 5) is 13.6. The van der Waals surface area contributed by atoms with Gasteiger partial charge in [0.05, 0.1) is 6.54 Å². The first-order chi connectivity index (χ1) is 8.25. The second-order valence-electron chi connectivity index (χ2n) is 4.81. The molecule has 0 heterocycles. The molecular formula is C14H20N2O. The van der Waals surface area contributed by atoms with E-state index >= 15 is 0 Å². The van der Waals surface area contributed by atoms with Crippen LogP contribution in [-0.4, -0.2) is 30.9 Å². The highest BCUT2D eigenvalue weighted by Crippen LogP contribution is 2.27. The van der Waals surface area contributed by atoms with Crippen LogP contribution in [0.1, 0.15) is 18.4 Å². The van der Waals surface area contributed by atoms with Gasteiger partial charge in [-0.15, -0.1) is 0 Å². The second kappa shape index (κ2) is 5.82. The Labute approximate surface area is 103 Å².